The van der Waals surface area contributed by atoms with Gasteiger partial charge in [-0.3, -0.25) is 4.40 Å². The van der Waals surface area contributed by atoms with Gasteiger partial charge in [0, 0.05) is 19.6 Å². The molecule has 0 N–H and O–H groups in total. The van der Waals surface area contributed by atoms with Crippen LogP contribution in [0.1, 0.15) is 25.1 Å². The van der Waals surface area contributed by atoms with Crippen LogP contribution in [0.15, 0.2) is 12.4 Å². The average molecular weight is 253 g/mol. The number of halogens is 1. The lowest BCUT2D eigenvalue weighted by molar-refractivity contribution is -0.0722. The molecule has 0 saturated heterocycles. The second-order valence-corrected chi connectivity index (χ2v) is 4.86. The summed E-state index contributed by atoms with van der Waals surface area (Å²) in [6.45, 7) is 0. The Morgan fingerprint density at radius 1 is 1.47 bits per heavy atom. The smallest absolute Gasteiger partial charge is 0.165 e. The molecule has 0 bridgehead atoms. The molecule has 2 aromatic rings. The lowest BCUT2D eigenvalue weighted by Crippen LogP contribution is -2.41. The molecule has 1 fully saturated rings. The first-order valence-corrected chi connectivity index (χ1v) is 6.01. The summed E-state index contributed by atoms with van der Waals surface area (Å²) in [6, 6.07) is 1.71. The molecule has 0 spiro atoms. The van der Waals surface area contributed by atoms with E-state index in [0.29, 0.717) is 5.15 Å². The van der Waals surface area contributed by atoms with Crippen LogP contribution in [-0.2, 0) is 11.2 Å². The summed E-state index contributed by atoms with van der Waals surface area (Å²) in [4.78, 5) is 4.05. The normalized spacial score (nSPS) is 18.2. The molecule has 3 rings (SSSR count). The molecule has 1 aliphatic carbocycles. The molecular weight excluding hydrogens is 240 g/mol. The van der Waals surface area contributed by atoms with Crippen LogP contribution in [0.4, 0.5) is 0 Å². The summed E-state index contributed by atoms with van der Waals surface area (Å²) in [5.41, 5.74) is 0.674. The van der Waals surface area contributed by atoms with Gasteiger partial charge in [0.1, 0.15) is 17.3 Å². The number of nitrogens with zero attached hydrogens (tertiary/aromatic N) is 4. The number of fused-ring (bicyclic) bond motifs is 1. The van der Waals surface area contributed by atoms with Gasteiger partial charge in [-0.05, 0) is 19.3 Å². The highest BCUT2D eigenvalue weighted by Crippen LogP contribution is 2.37. The van der Waals surface area contributed by atoms with Crippen molar-refractivity contribution in [2.24, 2.45) is 0 Å². The van der Waals surface area contributed by atoms with Crippen molar-refractivity contribution in [3.63, 3.8) is 0 Å². The minimum absolute atomic E-state index is 0.0530. The van der Waals surface area contributed by atoms with Crippen molar-refractivity contribution < 1.29 is 4.74 Å². The summed E-state index contributed by atoms with van der Waals surface area (Å²) in [5, 5.41) is 8.71. The van der Waals surface area contributed by atoms with E-state index in [4.69, 9.17) is 16.3 Å². The number of hydrogen-bond acceptors (Lipinski definition) is 4. The first-order chi connectivity index (χ1) is 8.22. The minimum atomic E-state index is -0.0530. The Kier molecular flexibility index (Phi) is 2.52. The monoisotopic (exact) mass is 252 g/mol. The van der Waals surface area contributed by atoms with Gasteiger partial charge in [-0.25, -0.2) is 4.98 Å². The zero-order valence-corrected chi connectivity index (χ0v) is 10.3. The number of ether oxygens (including phenoxy) is 1. The Bertz CT molecular complexity index is 544. The standard InChI is InChI=1S/C11H13ClN4O/c1-17-11(3-2-4-11)6-10-15-14-9-5-8(12)13-7-16(9)10/h5,7H,2-4,6H2,1H3. The predicted molar refractivity (Wildman–Crippen MR) is 63.1 cm³/mol. The van der Waals surface area contributed by atoms with E-state index >= 15 is 0 Å². The molecule has 0 amide bonds. The van der Waals surface area contributed by atoms with E-state index in [-0.39, 0.29) is 5.60 Å². The highest BCUT2D eigenvalue weighted by Gasteiger charge is 2.38. The molecular formula is C11H13ClN4O. The fourth-order valence-corrected chi connectivity index (χ4v) is 2.39. The van der Waals surface area contributed by atoms with Gasteiger partial charge in [-0.15, -0.1) is 10.2 Å². The van der Waals surface area contributed by atoms with Gasteiger partial charge >= 0.3 is 0 Å². The van der Waals surface area contributed by atoms with Crippen molar-refractivity contribution in [2.45, 2.75) is 31.3 Å². The Balaban J connectivity index is 1.95. The zero-order chi connectivity index (χ0) is 11.9. The van der Waals surface area contributed by atoms with Crippen LogP contribution in [0.5, 0.6) is 0 Å². The second kappa shape index (κ2) is 3.92. The molecule has 90 valence electrons. The molecule has 0 aliphatic heterocycles. The fraction of sp³-hybridized carbons (Fsp3) is 0.545. The van der Waals surface area contributed by atoms with E-state index in [1.165, 1.54) is 6.42 Å². The summed E-state index contributed by atoms with van der Waals surface area (Å²) < 4.78 is 7.46. The third-order valence-electron chi connectivity index (χ3n) is 3.52. The first kappa shape index (κ1) is 10.9. The topological polar surface area (TPSA) is 52.3 Å². The van der Waals surface area contributed by atoms with Crippen LogP contribution in [0.25, 0.3) is 5.65 Å². The maximum Gasteiger partial charge on any atom is 0.165 e. The van der Waals surface area contributed by atoms with E-state index in [1.54, 1.807) is 19.5 Å². The molecule has 2 aromatic heterocycles. The number of methoxy groups -OCH3 is 1. The Hall–Kier alpha value is -1.20. The van der Waals surface area contributed by atoms with Crippen LogP contribution >= 0.6 is 11.6 Å². The van der Waals surface area contributed by atoms with Crippen molar-refractivity contribution in [1.29, 1.82) is 0 Å². The van der Waals surface area contributed by atoms with Crippen molar-refractivity contribution >= 4 is 17.2 Å². The molecule has 2 heterocycles. The van der Waals surface area contributed by atoms with Gasteiger partial charge in [0.15, 0.2) is 5.65 Å². The number of hydrogen-bond donors (Lipinski definition) is 0. The molecule has 17 heavy (non-hydrogen) atoms. The van der Waals surface area contributed by atoms with E-state index in [2.05, 4.69) is 15.2 Å². The highest BCUT2D eigenvalue weighted by atomic mass is 35.5. The quantitative estimate of drug-likeness (QED) is 0.783. The van der Waals surface area contributed by atoms with Gasteiger partial charge in [-0.2, -0.15) is 0 Å². The highest BCUT2D eigenvalue weighted by molar-refractivity contribution is 6.29. The summed E-state index contributed by atoms with van der Waals surface area (Å²) in [7, 11) is 1.76. The Morgan fingerprint density at radius 2 is 2.29 bits per heavy atom. The lowest BCUT2D eigenvalue weighted by atomic mass is 9.77. The Morgan fingerprint density at radius 3 is 2.94 bits per heavy atom. The predicted octanol–water partition coefficient (Wildman–Crippen LogP) is 1.89. The van der Waals surface area contributed by atoms with E-state index in [0.717, 1.165) is 30.7 Å². The lowest BCUT2D eigenvalue weighted by Gasteiger charge is -2.39. The SMILES string of the molecule is COC1(Cc2nnc3cc(Cl)ncn23)CCC1. The third-order valence-corrected chi connectivity index (χ3v) is 3.72. The van der Waals surface area contributed by atoms with Crippen molar-refractivity contribution in [1.82, 2.24) is 19.6 Å². The van der Waals surface area contributed by atoms with Gasteiger partial charge in [0.25, 0.3) is 0 Å². The van der Waals surface area contributed by atoms with Crippen LogP contribution in [0, 0.1) is 0 Å². The number of aromatic nitrogens is 4. The largest absolute Gasteiger partial charge is 0.378 e. The fourth-order valence-electron chi connectivity index (χ4n) is 2.25. The van der Waals surface area contributed by atoms with Crippen molar-refractivity contribution in [2.75, 3.05) is 7.11 Å². The van der Waals surface area contributed by atoms with Crippen molar-refractivity contribution in [3.8, 4) is 0 Å². The van der Waals surface area contributed by atoms with Crippen LogP contribution in [-0.4, -0.2) is 32.3 Å². The zero-order valence-electron chi connectivity index (χ0n) is 9.56. The summed E-state index contributed by atoms with van der Waals surface area (Å²) in [5.74, 6) is 0.880. The second-order valence-electron chi connectivity index (χ2n) is 4.47. The van der Waals surface area contributed by atoms with Crippen LogP contribution in [0.3, 0.4) is 0 Å². The van der Waals surface area contributed by atoms with Gasteiger partial charge in [0.05, 0.1) is 5.60 Å². The third kappa shape index (κ3) is 1.79. The summed E-state index contributed by atoms with van der Waals surface area (Å²) >= 11 is 5.81. The molecule has 1 aliphatic rings. The molecule has 5 nitrogen and oxygen atoms in total. The Labute approximate surface area is 104 Å². The average Bonchev–Trinajstić information content (AvgIpc) is 2.66. The van der Waals surface area contributed by atoms with Crippen LogP contribution in [0.2, 0.25) is 5.15 Å². The van der Waals surface area contributed by atoms with Gasteiger partial charge in [0.2, 0.25) is 0 Å². The summed E-state index contributed by atoms with van der Waals surface area (Å²) in [6.07, 6.45) is 5.82. The molecule has 6 heteroatoms. The van der Waals surface area contributed by atoms with E-state index in [1.807, 2.05) is 4.40 Å². The first-order valence-electron chi connectivity index (χ1n) is 5.63. The van der Waals surface area contributed by atoms with Crippen LogP contribution < -0.4 is 0 Å². The maximum atomic E-state index is 5.81. The maximum absolute atomic E-state index is 5.81. The molecule has 0 atom stereocenters. The number of rotatable bonds is 3. The van der Waals surface area contributed by atoms with E-state index < -0.39 is 0 Å². The van der Waals surface area contributed by atoms with Crippen molar-refractivity contribution in [3.05, 3.63) is 23.4 Å². The van der Waals surface area contributed by atoms with E-state index in [9.17, 15) is 0 Å². The molecule has 0 radical (unpaired) electrons. The minimum Gasteiger partial charge on any atom is -0.378 e. The van der Waals surface area contributed by atoms with Gasteiger partial charge < -0.3 is 4.74 Å². The molecule has 1 saturated carbocycles. The molecule has 0 unspecified atom stereocenters. The van der Waals surface area contributed by atoms with Gasteiger partial charge in [-0.1, -0.05) is 11.6 Å². The molecule has 0 aromatic carbocycles.